The number of aryl methyl sites for hydroxylation is 1. The maximum atomic E-state index is 11.6. The molecule has 3 aromatic rings. The summed E-state index contributed by atoms with van der Waals surface area (Å²) in [6.07, 6.45) is 1.99. The van der Waals surface area contributed by atoms with E-state index in [-0.39, 0.29) is 5.69 Å². The third-order valence-electron chi connectivity index (χ3n) is 3.97. The van der Waals surface area contributed by atoms with Crippen molar-refractivity contribution in [1.29, 1.82) is 0 Å². The van der Waals surface area contributed by atoms with Gasteiger partial charge in [-0.1, -0.05) is 24.3 Å². The van der Waals surface area contributed by atoms with Crippen LogP contribution in [-0.2, 0) is 12.8 Å². The molecule has 2 N–H and O–H groups in total. The molecule has 0 amide bonds. The lowest BCUT2D eigenvalue weighted by atomic mass is 10.1. The van der Waals surface area contributed by atoms with E-state index in [1.54, 1.807) is 13.0 Å². The molecule has 6 nitrogen and oxygen atoms in total. The summed E-state index contributed by atoms with van der Waals surface area (Å²) in [5, 5.41) is 9.89. The molecular formula is C15H15N5O. The van der Waals surface area contributed by atoms with Crippen LogP contribution in [0.4, 0.5) is 5.82 Å². The van der Waals surface area contributed by atoms with Crippen molar-refractivity contribution >= 4 is 11.5 Å². The minimum absolute atomic E-state index is 0.255. The van der Waals surface area contributed by atoms with E-state index >= 15 is 0 Å². The van der Waals surface area contributed by atoms with Gasteiger partial charge in [0.05, 0.1) is 0 Å². The fourth-order valence-corrected chi connectivity index (χ4v) is 3.04. The standard InChI is InChI=1S/C15H15N5O/c1-9-16-13(8-14-18-19-15(21)20(9)14)17-12-6-10-4-2-3-5-11(10)7-12/h2-5,8,12,17H,6-7H2,1H3,(H,19,21). The first-order chi connectivity index (χ1) is 10.2. The molecule has 1 aromatic carbocycles. The van der Waals surface area contributed by atoms with Crippen molar-refractivity contribution in [1.82, 2.24) is 19.6 Å². The number of H-pyrrole nitrogens is 1. The molecule has 1 aliphatic carbocycles. The predicted molar refractivity (Wildman–Crippen MR) is 79.6 cm³/mol. The van der Waals surface area contributed by atoms with E-state index in [1.807, 2.05) is 0 Å². The van der Waals surface area contributed by atoms with Crippen LogP contribution in [0.2, 0.25) is 0 Å². The van der Waals surface area contributed by atoms with Gasteiger partial charge in [0.25, 0.3) is 0 Å². The largest absolute Gasteiger partial charge is 0.366 e. The molecule has 1 aliphatic rings. The second-order valence-electron chi connectivity index (χ2n) is 5.43. The highest BCUT2D eigenvalue weighted by Crippen LogP contribution is 2.24. The summed E-state index contributed by atoms with van der Waals surface area (Å²) < 4.78 is 1.47. The maximum Gasteiger partial charge on any atom is 0.349 e. The lowest BCUT2D eigenvalue weighted by Gasteiger charge is -2.13. The van der Waals surface area contributed by atoms with Crippen LogP contribution in [0.3, 0.4) is 0 Å². The lowest BCUT2D eigenvalue weighted by Crippen LogP contribution is -2.21. The second kappa shape index (κ2) is 4.44. The minimum atomic E-state index is -0.255. The van der Waals surface area contributed by atoms with Crippen LogP contribution >= 0.6 is 0 Å². The molecular weight excluding hydrogens is 266 g/mol. The van der Waals surface area contributed by atoms with Gasteiger partial charge in [0.1, 0.15) is 11.6 Å². The average molecular weight is 281 g/mol. The van der Waals surface area contributed by atoms with Crippen LogP contribution in [0.5, 0.6) is 0 Å². The van der Waals surface area contributed by atoms with Crippen LogP contribution in [0.15, 0.2) is 35.1 Å². The molecule has 0 atom stereocenters. The van der Waals surface area contributed by atoms with Crippen molar-refractivity contribution < 1.29 is 0 Å². The Hall–Kier alpha value is -2.63. The highest BCUT2D eigenvalue weighted by Gasteiger charge is 2.21. The second-order valence-corrected chi connectivity index (χ2v) is 5.43. The Morgan fingerprint density at radius 2 is 2.00 bits per heavy atom. The molecule has 0 bridgehead atoms. The summed E-state index contributed by atoms with van der Waals surface area (Å²) in [5.41, 5.74) is 3.12. The third kappa shape index (κ3) is 1.99. The van der Waals surface area contributed by atoms with Crippen LogP contribution in [0.25, 0.3) is 5.65 Å². The average Bonchev–Trinajstić information content (AvgIpc) is 3.02. The highest BCUT2D eigenvalue weighted by molar-refractivity contribution is 5.51. The Kier molecular flexibility index (Phi) is 2.57. The first-order valence-corrected chi connectivity index (χ1v) is 6.99. The predicted octanol–water partition coefficient (Wildman–Crippen LogP) is 1.31. The van der Waals surface area contributed by atoms with E-state index in [2.05, 4.69) is 44.8 Å². The minimum Gasteiger partial charge on any atom is -0.366 e. The number of nitrogens with zero attached hydrogens (tertiary/aromatic N) is 3. The third-order valence-corrected chi connectivity index (χ3v) is 3.97. The molecule has 2 heterocycles. The van der Waals surface area contributed by atoms with Crippen LogP contribution < -0.4 is 11.0 Å². The number of rotatable bonds is 2. The van der Waals surface area contributed by atoms with E-state index in [0.717, 1.165) is 18.7 Å². The van der Waals surface area contributed by atoms with Gasteiger partial charge in [0.2, 0.25) is 0 Å². The fraction of sp³-hybridized carbons (Fsp3) is 0.267. The molecule has 0 aliphatic heterocycles. The summed E-state index contributed by atoms with van der Waals surface area (Å²) in [7, 11) is 0. The molecule has 4 rings (SSSR count). The van der Waals surface area contributed by atoms with E-state index < -0.39 is 0 Å². The zero-order chi connectivity index (χ0) is 14.4. The van der Waals surface area contributed by atoms with Crippen molar-refractivity contribution in [3.63, 3.8) is 0 Å². The Morgan fingerprint density at radius 1 is 1.29 bits per heavy atom. The number of aromatic amines is 1. The number of aromatic nitrogens is 4. The molecule has 0 fully saturated rings. The van der Waals surface area contributed by atoms with Gasteiger partial charge in [-0.2, -0.15) is 5.10 Å². The number of hydrogen-bond donors (Lipinski definition) is 2. The molecule has 6 heteroatoms. The lowest BCUT2D eigenvalue weighted by molar-refractivity contribution is 0.765. The molecule has 0 saturated carbocycles. The van der Waals surface area contributed by atoms with Gasteiger partial charge in [-0.25, -0.2) is 19.3 Å². The van der Waals surface area contributed by atoms with E-state index in [4.69, 9.17) is 0 Å². The van der Waals surface area contributed by atoms with Crippen molar-refractivity contribution in [3.8, 4) is 0 Å². The number of anilines is 1. The highest BCUT2D eigenvalue weighted by atomic mass is 16.1. The normalized spacial score (nSPS) is 14.5. The zero-order valence-corrected chi connectivity index (χ0v) is 11.6. The number of nitrogens with one attached hydrogen (secondary N) is 2. The first kappa shape index (κ1) is 12.1. The summed E-state index contributed by atoms with van der Waals surface area (Å²) >= 11 is 0. The van der Waals surface area contributed by atoms with Crippen molar-refractivity contribution in [3.05, 3.63) is 57.8 Å². The Morgan fingerprint density at radius 3 is 2.71 bits per heavy atom. The number of fused-ring (bicyclic) bond motifs is 2. The van der Waals surface area contributed by atoms with Gasteiger partial charge in [-0.05, 0) is 30.9 Å². The molecule has 106 valence electrons. The Balaban J connectivity index is 1.63. The SMILES string of the molecule is Cc1nc(NC2Cc3ccccc3C2)cc2n[nH]c(=O)n12. The van der Waals surface area contributed by atoms with Crippen molar-refractivity contribution in [2.45, 2.75) is 25.8 Å². The quantitative estimate of drug-likeness (QED) is 0.742. The molecule has 0 saturated heterocycles. The Bertz CT molecular complexity index is 854. The van der Waals surface area contributed by atoms with Gasteiger partial charge in [0.15, 0.2) is 5.65 Å². The van der Waals surface area contributed by atoms with Crippen molar-refractivity contribution in [2.24, 2.45) is 0 Å². The first-order valence-electron chi connectivity index (χ1n) is 6.99. The van der Waals surface area contributed by atoms with Gasteiger partial charge in [-0.3, -0.25) is 0 Å². The summed E-state index contributed by atoms with van der Waals surface area (Å²) in [5.74, 6) is 1.39. The van der Waals surface area contributed by atoms with Gasteiger partial charge >= 0.3 is 5.69 Å². The molecule has 0 unspecified atom stereocenters. The summed E-state index contributed by atoms with van der Waals surface area (Å²) in [6.45, 7) is 1.80. The molecule has 0 spiro atoms. The fourth-order valence-electron chi connectivity index (χ4n) is 3.04. The topological polar surface area (TPSA) is 75.1 Å². The van der Waals surface area contributed by atoms with Crippen molar-refractivity contribution in [2.75, 3.05) is 5.32 Å². The van der Waals surface area contributed by atoms with Crippen LogP contribution in [-0.4, -0.2) is 25.6 Å². The number of hydrogen-bond acceptors (Lipinski definition) is 4. The smallest absolute Gasteiger partial charge is 0.349 e. The monoisotopic (exact) mass is 281 g/mol. The van der Waals surface area contributed by atoms with E-state index in [1.165, 1.54) is 15.5 Å². The van der Waals surface area contributed by atoms with E-state index in [9.17, 15) is 4.79 Å². The van der Waals surface area contributed by atoms with Crippen LogP contribution in [0, 0.1) is 6.92 Å². The number of benzene rings is 1. The summed E-state index contributed by atoms with van der Waals surface area (Å²) in [4.78, 5) is 16.0. The molecule has 2 aromatic heterocycles. The van der Waals surface area contributed by atoms with Gasteiger partial charge < -0.3 is 5.32 Å². The van der Waals surface area contributed by atoms with Crippen LogP contribution in [0.1, 0.15) is 17.0 Å². The van der Waals surface area contributed by atoms with Gasteiger partial charge in [0, 0.05) is 12.1 Å². The molecule has 0 radical (unpaired) electrons. The maximum absolute atomic E-state index is 11.6. The zero-order valence-electron chi connectivity index (χ0n) is 11.6. The molecule has 21 heavy (non-hydrogen) atoms. The van der Waals surface area contributed by atoms with E-state index in [0.29, 0.717) is 17.5 Å². The summed E-state index contributed by atoms with van der Waals surface area (Å²) in [6, 6.07) is 10.6. The Labute approximate surface area is 120 Å². The van der Waals surface area contributed by atoms with Gasteiger partial charge in [-0.15, -0.1) is 0 Å².